The third kappa shape index (κ3) is 4.41. The van der Waals surface area contributed by atoms with Crippen molar-refractivity contribution in [3.05, 3.63) is 22.9 Å². The topological polar surface area (TPSA) is 89.3 Å². The highest BCUT2D eigenvalue weighted by Crippen LogP contribution is 2.38. The van der Waals surface area contributed by atoms with E-state index in [4.69, 9.17) is 16.3 Å². The largest absolute Gasteiger partial charge is 0.480 e. The SMILES string of the molecule is CCC(CC)n1c(O)nc2ncc(Cl)c(C3=CC(C(=O)OC(C)(C)C)NCC3)c21. The first-order valence-corrected chi connectivity index (χ1v) is 10.5. The molecule has 3 rings (SSSR count). The van der Waals surface area contributed by atoms with Gasteiger partial charge in [0, 0.05) is 24.3 Å². The molecule has 2 aromatic rings. The number of hydrogen-bond donors (Lipinski definition) is 2. The average Bonchev–Trinajstić information content (AvgIpc) is 2.98. The Morgan fingerprint density at radius 2 is 2.10 bits per heavy atom. The standard InChI is InChI=1S/C21H29ClN4O3/c1-6-13(7-2)26-17-16(14(22)11-24-18(17)25-20(26)28)12-8-9-23-15(10-12)19(27)29-21(3,4)5/h10-11,13,15,23H,6-9H2,1-5H3,(H,24,25,28). The number of nitrogens with one attached hydrogen (secondary N) is 1. The molecule has 0 bridgehead atoms. The molecule has 0 aliphatic carbocycles. The molecule has 1 unspecified atom stereocenters. The first kappa shape index (κ1) is 21.6. The van der Waals surface area contributed by atoms with Gasteiger partial charge in [0.1, 0.15) is 11.6 Å². The number of aromatic nitrogens is 3. The molecule has 0 aromatic carbocycles. The average molecular weight is 421 g/mol. The Labute approximate surface area is 176 Å². The minimum absolute atomic E-state index is 0.0667. The maximum absolute atomic E-state index is 12.6. The number of aromatic hydroxyl groups is 1. The van der Waals surface area contributed by atoms with Crippen molar-refractivity contribution in [2.24, 2.45) is 0 Å². The molecule has 158 valence electrons. The van der Waals surface area contributed by atoms with Gasteiger partial charge in [-0.25, -0.2) is 9.78 Å². The van der Waals surface area contributed by atoms with Crippen LogP contribution in [0.15, 0.2) is 12.3 Å². The van der Waals surface area contributed by atoms with Crippen LogP contribution < -0.4 is 5.32 Å². The number of carbonyl (C=O) groups excluding carboxylic acids is 1. The van der Waals surface area contributed by atoms with Gasteiger partial charge in [0.15, 0.2) is 5.65 Å². The van der Waals surface area contributed by atoms with Gasteiger partial charge >= 0.3 is 5.97 Å². The lowest BCUT2D eigenvalue weighted by Gasteiger charge is -2.27. The summed E-state index contributed by atoms with van der Waals surface area (Å²) >= 11 is 6.58. The second-order valence-corrected chi connectivity index (χ2v) is 8.72. The molecule has 3 heterocycles. The van der Waals surface area contributed by atoms with Crippen LogP contribution in [0.25, 0.3) is 16.7 Å². The Hall–Kier alpha value is -2.12. The fourth-order valence-corrected chi connectivity index (χ4v) is 4.02. The normalized spacial score (nSPS) is 17.6. The van der Waals surface area contributed by atoms with E-state index in [-0.39, 0.29) is 18.0 Å². The summed E-state index contributed by atoms with van der Waals surface area (Å²) < 4.78 is 7.35. The Morgan fingerprint density at radius 3 is 2.72 bits per heavy atom. The van der Waals surface area contributed by atoms with Crippen LogP contribution in [0.3, 0.4) is 0 Å². The molecule has 0 amide bonds. The number of rotatable bonds is 5. The molecule has 1 atom stereocenters. The molecular formula is C21H29ClN4O3. The fraction of sp³-hybridized carbons (Fsp3) is 0.571. The Bertz CT molecular complexity index is 942. The summed E-state index contributed by atoms with van der Waals surface area (Å²) in [7, 11) is 0. The van der Waals surface area contributed by atoms with Gasteiger partial charge in [0.2, 0.25) is 0 Å². The van der Waals surface area contributed by atoms with Crippen LogP contribution in [-0.4, -0.2) is 43.8 Å². The number of hydrogen-bond acceptors (Lipinski definition) is 6. The minimum atomic E-state index is -0.564. The van der Waals surface area contributed by atoms with Crippen molar-refractivity contribution < 1.29 is 14.6 Å². The van der Waals surface area contributed by atoms with Crippen LogP contribution >= 0.6 is 11.6 Å². The Kier molecular flexibility index (Phi) is 6.19. The summed E-state index contributed by atoms with van der Waals surface area (Å²) in [6, 6.07) is -0.554. The van der Waals surface area contributed by atoms with Gasteiger partial charge in [-0.3, -0.25) is 4.57 Å². The van der Waals surface area contributed by atoms with E-state index >= 15 is 0 Å². The zero-order valence-electron chi connectivity index (χ0n) is 17.6. The van der Waals surface area contributed by atoms with Crippen LogP contribution in [0.5, 0.6) is 6.01 Å². The van der Waals surface area contributed by atoms with E-state index in [1.807, 2.05) is 31.4 Å². The van der Waals surface area contributed by atoms with E-state index in [2.05, 4.69) is 29.1 Å². The van der Waals surface area contributed by atoms with Crippen molar-refractivity contribution in [3.63, 3.8) is 0 Å². The van der Waals surface area contributed by atoms with Gasteiger partial charge in [-0.2, -0.15) is 4.98 Å². The number of fused-ring (bicyclic) bond motifs is 1. The van der Waals surface area contributed by atoms with Gasteiger partial charge in [0.05, 0.1) is 10.5 Å². The first-order chi connectivity index (χ1) is 13.7. The molecule has 1 aliphatic heterocycles. The molecule has 8 heteroatoms. The van der Waals surface area contributed by atoms with E-state index < -0.39 is 11.6 Å². The van der Waals surface area contributed by atoms with E-state index in [1.165, 1.54) is 0 Å². The Balaban J connectivity index is 2.13. The summed E-state index contributed by atoms with van der Waals surface area (Å²) in [5, 5.41) is 14.2. The predicted octanol–water partition coefficient (Wildman–Crippen LogP) is 4.24. The van der Waals surface area contributed by atoms with Crippen molar-refractivity contribution >= 4 is 34.3 Å². The van der Waals surface area contributed by atoms with E-state index in [1.54, 1.807) is 6.20 Å². The molecule has 0 spiro atoms. The number of ether oxygens (including phenoxy) is 1. The summed E-state index contributed by atoms with van der Waals surface area (Å²) in [5.41, 5.74) is 2.28. The molecule has 0 saturated carbocycles. The highest BCUT2D eigenvalue weighted by Gasteiger charge is 2.29. The zero-order valence-corrected chi connectivity index (χ0v) is 18.4. The molecule has 2 aromatic heterocycles. The molecule has 7 nitrogen and oxygen atoms in total. The van der Waals surface area contributed by atoms with Gasteiger partial charge in [-0.15, -0.1) is 0 Å². The lowest BCUT2D eigenvalue weighted by molar-refractivity contribution is -0.156. The monoisotopic (exact) mass is 420 g/mol. The zero-order chi connectivity index (χ0) is 21.3. The number of carbonyl (C=O) groups is 1. The quantitative estimate of drug-likeness (QED) is 0.703. The van der Waals surface area contributed by atoms with Crippen molar-refractivity contribution in [1.29, 1.82) is 0 Å². The van der Waals surface area contributed by atoms with Crippen LogP contribution in [0.1, 0.15) is 65.5 Å². The van der Waals surface area contributed by atoms with Crippen LogP contribution in [0.4, 0.5) is 0 Å². The van der Waals surface area contributed by atoms with E-state index in [0.717, 1.165) is 24.0 Å². The first-order valence-electron chi connectivity index (χ1n) is 10.1. The second kappa shape index (κ2) is 8.32. The van der Waals surface area contributed by atoms with Gasteiger partial charge < -0.3 is 15.2 Å². The maximum atomic E-state index is 12.6. The minimum Gasteiger partial charge on any atom is -0.480 e. The summed E-state index contributed by atoms with van der Waals surface area (Å²) in [6.45, 7) is 10.3. The predicted molar refractivity (Wildman–Crippen MR) is 114 cm³/mol. The highest BCUT2D eigenvalue weighted by molar-refractivity contribution is 6.33. The lowest BCUT2D eigenvalue weighted by atomic mass is 9.96. The van der Waals surface area contributed by atoms with Crippen molar-refractivity contribution in [1.82, 2.24) is 19.9 Å². The third-order valence-corrected chi connectivity index (χ3v) is 5.35. The van der Waals surface area contributed by atoms with Gasteiger partial charge in [-0.1, -0.05) is 31.5 Å². The van der Waals surface area contributed by atoms with Crippen LogP contribution in [0, 0.1) is 0 Å². The highest BCUT2D eigenvalue weighted by atomic mass is 35.5. The molecule has 0 radical (unpaired) electrons. The number of imidazole rings is 1. The summed E-state index contributed by atoms with van der Waals surface area (Å²) in [4.78, 5) is 21.1. The lowest BCUT2D eigenvalue weighted by Crippen LogP contribution is -2.42. The molecule has 0 saturated heterocycles. The van der Waals surface area contributed by atoms with E-state index in [0.29, 0.717) is 29.2 Å². The van der Waals surface area contributed by atoms with Gasteiger partial charge in [-0.05, 0) is 45.6 Å². The summed E-state index contributed by atoms with van der Waals surface area (Å²) in [6.07, 6.45) is 5.77. The summed E-state index contributed by atoms with van der Waals surface area (Å²) in [5.74, 6) is -0.326. The molecular weight excluding hydrogens is 392 g/mol. The smallest absolute Gasteiger partial charge is 0.327 e. The number of halogens is 1. The fourth-order valence-electron chi connectivity index (χ4n) is 3.76. The third-order valence-electron chi connectivity index (χ3n) is 5.07. The molecule has 0 fully saturated rings. The second-order valence-electron chi connectivity index (χ2n) is 8.31. The van der Waals surface area contributed by atoms with Crippen LogP contribution in [-0.2, 0) is 9.53 Å². The molecule has 1 aliphatic rings. The maximum Gasteiger partial charge on any atom is 0.327 e. The Morgan fingerprint density at radius 1 is 1.41 bits per heavy atom. The number of nitrogens with zero attached hydrogens (tertiary/aromatic N) is 3. The number of pyridine rings is 1. The van der Waals surface area contributed by atoms with Crippen molar-refractivity contribution in [2.45, 2.75) is 71.6 Å². The van der Waals surface area contributed by atoms with Crippen LogP contribution in [0.2, 0.25) is 5.02 Å². The molecule has 2 N–H and O–H groups in total. The van der Waals surface area contributed by atoms with Gasteiger partial charge in [0.25, 0.3) is 6.01 Å². The van der Waals surface area contributed by atoms with E-state index in [9.17, 15) is 9.90 Å². The molecule has 29 heavy (non-hydrogen) atoms. The van der Waals surface area contributed by atoms with Crippen molar-refractivity contribution in [3.8, 4) is 6.01 Å². The van der Waals surface area contributed by atoms with Crippen molar-refractivity contribution in [2.75, 3.05) is 6.54 Å². The number of esters is 1.